The van der Waals surface area contributed by atoms with E-state index >= 15 is 0 Å². The number of hydrogen-bond acceptors (Lipinski definition) is 3. The van der Waals surface area contributed by atoms with E-state index in [0.717, 1.165) is 49.2 Å². The van der Waals surface area contributed by atoms with Gasteiger partial charge in [0, 0.05) is 23.8 Å². The molecular formula is C23H30N2O3. The predicted octanol–water partition coefficient (Wildman–Crippen LogP) is 4.64. The van der Waals surface area contributed by atoms with Crippen LogP contribution in [0.15, 0.2) is 36.0 Å². The SMILES string of the molecule is CCOc1ccc(NC(=O)C23CCCC=C2N(C2CCCC2)C(=O)CC3)cc1. The van der Waals surface area contributed by atoms with Crippen molar-refractivity contribution in [1.29, 1.82) is 0 Å². The molecule has 5 heteroatoms. The van der Waals surface area contributed by atoms with E-state index in [1.165, 1.54) is 12.8 Å². The normalized spacial score (nSPS) is 25.2. The molecule has 0 radical (unpaired) electrons. The zero-order valence-corrected chi connectivity index (χ0v) is 16.7. The van der Waals surface area contributed by atoms with E-state index in [1.807, 2.05) is 36.1 Å². The van der Waals surface area contributed by atoms with Gasteiger partial charge in [-0.05, 0) is 69.7 Å². The maximum absolute atomic E-state index is 13.5. The number of piperidine rings is 1. The zero-order valence-electron chi connectivity index (χ0n) is 16.7. The van der Waals surface area contributed by atoms with Gasteiger partial charge in [-0.3, -0.25) is 9.59 Å². The highest BCUT2D eigenvalue weighted by Gasteiger charge is 2.51. The highest BCUT2D eigenvalue weighted by molar-refractivity contribution is 5.99. The molecule has 150 valence electrons. The summed E-state index contributed by atoms with van der Waals surface area (Å²) in [6.45, 7) is 2.57. The lowest BCUT2D eigenvalue weighted by Gasteiger charge is -2.48. The van der Waals surface area contributed by atoms with Crippen molar-refractivity contribution in [3.8, 4) is 5.75 Å². The average Bonchev–Trinajstić information content (AvgIpc) is 3.24. The lowest BCUT2D eigenvalue weighted by Crippen LogP contribution is -2.53. The number of anilines is 1. The zero-order chi connectivity index (χ0) is 19.6. The summed E-state index contributed by atoms with van der Waals surface area (Å²) in [6, 6.07) is 7.80. The van der Waals surface area contributed by atoms with Gasteiger partial charge in [0.05, 0.1) is 12.0 Å². The minimum atomic E-state index is -0.576. The number of ether oxygens (including phenoxy) is 1. The minimum Gasteiger partial charge on any atom is -0.494 e. The molecule has 0 bridgehead atoms. The Hall–Kier alpha value is -2.30. The summed E-state index contributed by atoms with van der Waals surface area (Å²) in [7, 11) is 0. The first-order valence-corrected chi connectivity index (χ1v) is 10.7. The third-order valence-electron chi connectivity index (χ3n) is 6.48. The molecule has 1 saturated carbocycles. The van der Waals surface area contributed by atoms with E-state index in [2.05, 4.69) is 11.4 Å². The van der Waals surface area contributed by atoms with Gasteiger partial charge < -0.3 is 15.0 Å². The summed E-state index contributed by atoms with van der Waals surface area (Å²) in [5, 5.41) is 3.12. The fourth-order valence-corrected chi connectivity index (χ4v) is 5.08. The molecule has 1 aliphatic heterocycles. The molecule has 4 rings (SSSR count). The molecule has 1 heterocycles. The Kier molecular flexibility index (Phi) is 5.42. The number of amides is 2. The number of fused-ring (bicyclic) bond motifs is 1. The smallest absolute Gasteiger partial charge is 0.236 e. The molecule has 2 aliphatic carbocycles. The van der Waals surface area contributed by atoms with Crippen molar-refractivity contribution in [3.63, 3.8) is 0 Å². The van der Waals surface area contributed by atoms with Crippen LogP contribution in [0.1, 0.15) is 64.7 Å². The molecular weight excluding hydrogens is 352 g/mol. The van der Waals surface area contributed by atoms with Crippen LogP contribution in [0.2, 0.25) is 0 Å². The van der Waals surface area contributed by atoms with Gasteiger partial charge in [-0.1, -0.05) is 18.9 Å². The van der Waals surface area contributed by atoms with Crippen molar-refractivity contribution in [2.75, 3.05) is 11.9 Å². The van der Waals surface area contributed by atoms with E-state index < -0.39 is 5.41 Å². The quantitative estimate of drug-likeness (QED) is 0.807. The number of rotatable bonds is 5. The number of carbonyl (C=O) groups is 2. The fraction of sp³-hybridized carbons (Fsp3) is 0.565. The molecule has 28 heavy (non-hydrogen) atoms. The number of carbonyl (C=O) groups excluding carboxylic acids is 2. The third kappa shape index (κ3) is 3.43. The molecule has 1 atom stereocenters. The number of nitrogens with one attached hydrogen (secondary N) is 1. The van der Waals surface area contributed by atoms with Gasteiger partial charge in [-0.15, -0.1) is 0 Å². The summed E-state index contributed by atoms with van der Waals surface area (Å²) in [5.41, 5.74) is 1.18. The molecule has 2 fully saturated rings. The molecule has 1 saturated heterocycles. The van der Waals surface area contributed by atoms with Crippen molar-refractivity contribution in [2.45, 2.75) is 70.8 Å². The largest absolute Gasteiger partial charge is 0.494 e. The molecule has 2 amide bonds. The second-order valence-corrected chi connectivity index (χ2v) is 8.18. The maximum atomic E-state index is 13.5. The fourth-order valence-electron chi connectivity index (χ4n) is 5.08. The molecule has 0 spiro atoms. The second-order valence-electron chi connectivity index (χ2n) is 8.18. The molecule has 1 unspecified atom stereocenters. The monoisotopic (exact) mass is 382 g/mol. The Bertz CT molecular complexity index is 765. The summed E-state index contributed by atoms with van der Waals surface area (Å²) in [5.74, 6) is 1.02. The Balaban J connectivity index is 1.58. The van der Waals surface area contributed by atoms with Gasteiger partial charge in [-0.2, -0.15) is 0 Å². The average molecular weight is 383 g/mol. The van der Waals surface area contributed by atoms with Crippen molar-refractivity contribution in [2.24, 2.45) is 5.41 Å². The number of nitrogens with zero attached hydrogens (tertiary/aromatic N) is 1. The minimum absolute atomic E-state index is 0.0260. The Morgan fingerprint density at radius 1 is 1.18 bits per heavy atom. The third-order valence-corrected chi connectivity index (χ3v) is 6.48. The standard InChI is InChI=1S/C23H30N2O3/c1-2-28-19-12-10-17(11-13-19)24-22(27)23-15-6-5-9-20(23)25(21(26)14-16-23)18-7-3-4-8-18/h9-13,18H,2-8,14-16H2,1H3,(H,24,27). The maximum Gasteiger partial charge on any atom is 0.236 e. The van der Waals surface area contributed by atoms with Crippen LogP contribution in [0, 0.1) is 5.41 Å². The lowest BCUT2D eigenvalue weighted by molar-refractivity contribution is -0.140. The molecule has 1 N–H and O–H groups in total. The van der Waals surface area contributed by atoms with Crippen LogP contribution in [0.25, 0.3) is 0 Å². The summed E-state index contributed by atoms with van der Waals surface area (Å²) >= 11 is 0. The van der Waals surface area contributed by atoms with E-state index in [0.29, 0.717) is 19.4 Å². The Labute approximate surface area is 167 Å². The number of likely N-dealkylation sites (tertiary alicyclic amines) is 1. The lowest BCUT2D eigenvalue weighted by atomic mass is 9.68. The topological polar surface area (TPSA) is 58.6 Å². The van der Waals surface area contributed by atoms with Gasteiger partial charge in [0.2, 0.25) is 11.8 Å². The Morgan fingerprint density at radius 3 is 2.64 bits per heavy atom. The van der Waals surface area contributed by atoms with Gasteiger partial charge in [0.15, 0.2) is 0 Å². The van der Waals surface area contributed by atoms with Gasteiger partial charge >= 0.3 is 0 Å². The highest BCUT2D eigenvalue weighted by Crippen LogP contribution is 2.49. The van der Waals surface area contributed by atoms with E-state index in [4.69, 9.17) is 4.74 Å². The van der Waals surface area contributed by atoms with E-state index in [1.54, 1.807) is 0 Å². The van der Waals surface area contributed by atoms with Gasteiger partial charge in [0.1, 0.15) is 5.75 Å². The van der Waals surface area contributed by atoms with Crippen LogP contribution in [0.5, 0.6) is 5.75 Å². The first-order valence-electron chi connectivity index (χ1n) is 10.7. The highest BCUT2D eigenvalue weighted by atomic mass is 16.5. The second kappa shape index (κ2) is 7.98. The molecule has 5 nitrogen and oxygen atoms in total. The van der Waals surface area contributed by atoms with Crippen LogP contribution in [-0.4, -0.2) is 29.4 Å². The summed E-state index contributed by atoms with van der Waals surface area (Å²) in [4.78, 5) is 28.3. The van der Waals surface area contributed by atoms with Gasteiger partial charge in [0.25, 0.3) is 0 Å². The Morgan fingerprint density at radius 2 is 1.93 bits per heavy atom. The number of benzene rings is 1. The molecule has 3 aliphatic rings. The van der Waals surface area contributed by atoms with Crippen molar-refractivity contribution in [1.82, 2.24) is 4.90 Å². The molecule has 1 aromatic rings. The van der Waals surface area contributed by atoms with Crippen LogP contribution in [0.3, 0.4) is 0 Å². The number of hydrogen-bond donors (Lipinski definition) is 1. The first-order chi connectivity index (χ1) is 13.6. The summed E-state index contributed by atoms with van der Waals surface area (Å²) in [6.07, 6.45) is 10.5. The molecule has 1 aromatic carbocycles. The van der Waals surface area contributed by atoms with Crippen molar-refractivity contribution < 1.29 is 14.3 Å². The predicted molar refractivity (Wildman–Crippen MR) is 109 cm³/mol. The van der Waals surface area contributed by atoms with Crippen LogP contribution in [0.4, 0.5) is 5.69 Å². The van der Waals surface area contributed by atoms with Crippen LogP contribution < -0.4 is 10.1 Å². The van der Waals surface area contributed by atoms with Crippen molar-refractivity contribution >= 4 is 17.5 Å². The van der Waals surface area contributed by atoms with Crippen LogP contribution >= 0.6 is 0 Å². The van der Waals surface area contributed by atoms with Crippen LogP contribution in [-0.2, 0) is 9.59 Å². The van der Waals surface area contributed by atoms with Crippen molar-refractivity contribution in [3.05, 3.63) is 36.0 Å². The first kappa shape index (κ1) is 19.0. The van der Waals surface area contributed by atoms with Gasteiger partial charge in [-0.25, -0.2) is 0 Å². The summed E-state index contributed by atoms with van der Waals surface area (Å²) < 4.78 is 5.48. The number of allylic oxidation sites excluding steroid dienone is 1. The van der Waals surface area contributed by atoms with E-state index in [9.17, 15) is 9.59 Å². The van der Waals surface area contributed by atoms with E-state index in [-0.39, 0.29) is 17.9 Å². The molecule has 0 aromatic heterocycles.